The van der Waals surface area contributed by atoms with Crippen LogP contribution in [0.2, 0.25) is 0 Å². The molecule has 1 nitrogen and oxygen atoms in total. The lowest BCUT2D eigenvalue weighted by Gasteiger charge is -2.25. The van der Waals surface area contributed by atoms with Crippen LogP contribution in [0.25, 0.3) is 11.1 Å². The molecule has 0 amide bonds. The van der Waals surface area contributed by atoms with Crippen molar-refractivity contribution in [2.45, 2.75) is 10.3 Å². The van der Waals surface area contributed by atoms with Crippen molar-refractivity contribution in [1.82, 2.24) is 0 Å². The molecule has 1 aliphatic heterocycles. The minimum absolute atomic E-state index is 0.214. The molecule has 3 aromatic rings. The third-order valence-electron chi connectivity index (χ3n) is 4.75. The van der Waals surface area contributed by atoms with Gasteiger partial charge in [-0.05, 0) is 45.6 Å². The molecule has 1 aliphatic carbocycles. The van der Waals surface area contributed by atoms with Gasteiger partial charge in [0.15, 0.2) is 0 Å². The first kappa shape index (κ1) is 12.2. The molecule has 2 aliphatic rings. The molecular formula is C20H12OS. The summed E-state index contributed by atoms with van der Waals surface area (Å²) in [7, 11) is 0. The second-order valence-electron chi connectivity index (χ2n) is 5.73. The number of carbonyl (C=O) groups is 1. The highest BCUT2D eigenvalue weighted by Gasteiger charge is 2.54. The topological polar surface area (TPSA) is 17.1 Å². The number of hydrogen-bond donors (Lipinski definition) is 0. The van der Waals surface area contributed by atoms with Crippen LogP contribution in [0.15, 0.2) is 77.7 Å². The van der Waals surface area contributed by atoms with Crippen molar-refractivity contribution in [3.63, 3.8) is 0 Å². The summed E-state index contributed by atoms with van der Waals surface area (Å²) in [5.74, 6) is 0. The molecule has 0 N–H and O–H groups in total. The van der Waals surface area contributed by atoms with Crippen molar-refractivity contribution in [3.8, 4) is 11.1 Å². The molecule has 0 atom stereocenters. The smallest absolute Gasteiger partial charge is 0.213 e. The van der Waals surface area contributed by atoms with E-state index in [-0.39, 0.29) is 5.12 Å². The average Bonchev–Trinajstić information content (AvgIpc) is 3.04. The quantitative estimate of drug-likeness (QED) is 0.602. The van der Waals surface area contributed by atoms with Crippen LogP contribution in [0.5, 0.6) is 0 Å². The Kier molecular flexibility index (Phi) is 2.29. The highest BCUT2D eigenvalue weighted by Crippen LogP contribution is 2.60. The molecule has 0 fully saturated rings. The molecule has 1 spiro atoms. The van der Waals surface area contributed by atoms with E-state index in [1.807, 2.05) is 36.4 Å². The summed E-state index contributed by atoms with van der Waals surface area (Å²) >= 11 is 1.38. The van der Waals surface area contributed by atoms with Gasteiger partial charge in [0.1, 0.15) is 5.41 Å². The van der Waals surface area contributed by atoms with Crippen LogP contribution in [0, 0.1) is 0 Å². The van der Waals surface area contributed by atoms with E-state index < -0.39 is 5.41 Å². The predicted octanol–water partition coefficient (Wildman–Crippen LogP) is 4.63. The monoisotopic (exact) mass is 300 g/mol. The van der Waals surface area contributed by atoms with Crippen LogP contribution in [0.3, 0.4) is 0 Å². The lowest BCUT2D eigenvalue weighted by atomic mass is 9.74. The summed E-state index contributed by atoms with van der Waals surface area (Å²) in [4.78, 5) is 14.2. The highest BCUT2D eigenvalue weighted by atomic mass is 32.2. The number of hydrogen-bond acceptors (Lipinski definition) is 2. The molecule has 0 aromatic heterocycles. The number of fused-ring (bicyclic) bond motifs is 7. The molecular weight excluding hydrogens is 288 g/mol. The number of rotatable bonds is 0. The van der Waals surface area contributed by atoms with Crippen LogP contribution in [0.4, 0.5) is 0 Å². The SMILES string of the molecule is O=C1Sc2ccccc2C12c1ccccc1-c1ccccc12. The maximum atomic E-state index is 13.1. The maximum Gasteiger partial charge on any atom is 0.213 e. The lowest BCUT2D eigenvalue weighted by Crippen LogP contribution is -2.31. The highest BCUT2D eigenvalue weighted by molar-refractivity contribution is 8.14. The molecule has 104 valence electrons. The lowest BCUT2D eigenvalue weighted by molar-refractivity contribution is -0.113. The number of benzene rings is 3. The summed E-state index contributed by atoms with van der Waals surface area (Å²) in [6.07, 6.45) is 0. The van der Waals surface area contributed by atoms with E-state index in [1.165, 1.54) is 22.9 Å². The van der Waals surface area contributed by atoms with Crippen molar-refractivity contribution in [2.75, 3.05) is 0 Å². The molecule has 0 saturated carbocycles. The van der Waals surface area contributed by atoms with Gasteiger partial charge in [0.25, 0.3) is 0 Å². The van der Waals surface area contributed by atoms with Gasteiger partial charge in [-0.2, -0.15) is 0 Å². The van der Waals surface area contributed by atoms with Crippen molar-refractivity contribution < 1.29 is 4.79 Å². The van der Waals surface area contributed by atoms with Gasteiger partial charge in [-0.3, -0.25) is 4.79 Å². The number of thioether (sulfide) groups is 1. The Morgan fingerprint density at radius 1 is 0.636 bits per heavy atom. The van der Waals surface area contributed by atoms with E-state index in [4.69, 9.17) is 0 Å². The van der Waals surface area contributed by atoms with E-state index in [2.05, 4.69) is 36.4 Å². The van der Waals surface area contributed by atoms with Crippen LogP contribution in [-0.2, 0) is 10.2 Å². The predicted molar refractivity (Wildman–Crippen MR) is 89.1 cm³/mol. The standard InChI is InChI=1S/C20H12OS/c21-19-20(17-11-5-6-12-18(17)22-19)15-9-3-1-7-13(15)14-8-2-4-10-16(14)20/h1-12H. The summed E-state index contributed by atoms with van der Waals surface area (Å²) in [6.45, 7) is 0. The first-order valence-corrected chi connectivity index (χ1v) is 8.16. The van der Waals surface area contributed by atoms with Crippen LogP contribution >= 0.6 is 11.8 Å². The first-order chi connectivity index (χ1) is 10.8. The van der Waals surface area contributed by atoms with Crippen LogP contribution in [-0.4, -0.2) is 5.12 Å². The van der Waals surface area contributed by atoms with Crippen molar-refractivity contribution in [3.05, 3.63) is 89.5 Å². The summed E-state index contributed by atoms with van der Waals surface area (Å²) in [5, 5.41) is 0.214. The minimum atomic E-state index is -0.631. The van der Waals surface area contributed by atoms with Gasteiger partial charge in [-0.1, -0.05) is 66.7 Å². The summed E-state index contributed by atoms with van der Waals surface area (Å²) in [6, 6.07) is 24.8. The molecule has 1 heterocycles. The Balaban J connectivity index is 1.99. The first-order valence-electron chi connectivity index (χ1n) is 7.34. The fourth-order valence-electron chi connectivity index (χ4n) is 3.90. The maximum absolute atomic E-state index is 13.1. The largest absolute Gasteiger partial charge is 0.285 e. The second-order valence-corrected chi connectivity index (χ2v) is 6.74. The van der Waals surface area contributed by atoms with Crippen LogP contribution < -0.4 is 0 Å². The Bertz CT molecular complexity index is 896. The molecule has 0 radical (unpaired) electrons. The third kappa shape index (κ3) is 1.25. The van der Waals surface area contributed by atoms with Gasteiger partial charge < -0.3 is 0 Å². The Hall–Kier alpha value is -2.32. The van der Waals surface area contributed by atoms with Crippen LogP contribution in [0.1, 0.15) is 16.7 Å². The Morgan fingerprint density at radius 2 is 1.14 bits per heavy atom. The van der Waals surface area contributed by atoms with Gasteiger partial charge in [0, 0.05) is 4.90 Å². The van der Waals surface area contributed by atoms with Gasteiger partial charge in [-0.25, -0.2) is 0 Å². The second kappa shape index (κ2) is 4.11. The molecule has 0 saturated heterocycles. The van der Waals surface area contributed by atoms with Crippen molar-refractivity contribution in [1.29, 1.82) is 0 Å². The molecule has 0 bridgehead atoms. The average molecular weight is 300 g/mol. The zero-order chi connectivity index (χ0) is 14.7. The minimum Gasteiger partial charge on any atom is -0.285 e. The molecule has 3 aromatic carbocycles. The molecule has 0 unspecified atom stereocenters. The van der Waals surface area contributed by atoms with E-state index >= 15 is 0 Å². The van der Waals surface area contributed by atoms with Gasteiger partial charge >= 0.3 is 0 Å². The van der Waals surface area contributed by atoms with Gasteiger partial charge in [0.2, 0.25) is 5.12 Å². The van der Waals surface area contributed by atoms with E-state index in [1.54, 1.807) is 0 Å². The zero-order valence-electron chi connectivity index (χ0n) is 11.7. The van der Waals surface area contributed by atoms with Crippen molar-refractivity contribution in [2.24, 2.45) is 0 Å². The van der Waals surface area contributed by atoms with Gasteiger partial charge in [0.05, 0.1) is 0 Å². The molecule has 22 heavy (non-hydrogen) atoms. The Labute approximate surface area is 133 Å². The zero-order valence-corrected chi connectivity index (χ0v) is 12.6. The fourth-order valence-corrected chi connectivity index (χ4v) is 5.06. The third-order valence-corrected chi connectivity index (χ3v) is 5.82. The molecule has 5 rings (SSSR count). The Morgan fingerprint density at radius 3 is 1.77 bits per heavy atom. The van der Waals surface area contributed by atoms with E-state index in [0.717, 1.165) is 21.6 Å². The number of carbonyl (C=O) groups excluding carboxylic acids is 1. The van der Waals surface area contributed by atoms with Gasteiger partial charge in [-0.15, -0.1) is 0 Å². The molecule has 2 heteroatoms. The normalized spacial score (nSPS) is 16.5. The van der Waals surface area contributed by atoms with Crippen molar-refractivity contribution >= 4 is 16.9 Å². The van der Waals surface area contributed by atoms with E-state index in [0.29, 0.717) is 0 Å². The summed E-state index contributed by atoms with van der Waals surface area (Å²) in [5.41, 5.74) is 5.11. The summed E-state index contributed by atoms with van der Waals surface area (Å²) < 4.78 is 0. The fraction of sp³-hybridized carbons (Fsp3) is 0.0500. The van der Waals surface area contributed by atoms with E-state index in [9.17, 15) is 4.79 Å².